The van der Waals surface area contributed by atoms with E-state index in [1.165, 1.54) is 0 Å². The zero-order valence-corrected chi connectivity index (χ0v) is 9.41. The molecule has 80 valence electrons. The highest BCUT2D eigenvalue weighted by molar-refractivity contribution is 5.33. The molecule has 0 aliphatic heterocycles. The van der Waals surface area contributed by atoms with Crippen molar-refractivity contribution in [2.24, 2.45) is 0 Å². The lowest BCUT2D eigenvalue weighted by molar-refractivity contribution is 0.664. The molecule has 0 radical (unpaired) electrons. The van der Waals surface area contributed by atoms with Crippen LogP contribution < -0.4 is 5.32 Å². The number of aryl methyl sites for hydroxylation is 1. The van der Waals surface area contributed by atoms with Crippen molar-refractivity contribution >= 4 is 5.95 Å². The highest BCUT2D eigenvalue weighted by atomic mass is 15.1. The molecule has 0 aliphatic rings. The van der Waals surface area contributed by atoms with Gasteiger partial charge in [0.1, 0.15) is 11.8 Å². The molecule has 1 rings (SSSR count). The van der Waals surface area contributed by atoms with E-state index in [-0.39, 0.29) is 0 Å². The van der Waals surface area contributed by atoms with Gasteiger partial charge in [0.2, 0.25) is 5.95 Å². The maximum atomic E-state index is 8.77. The third-order valence-electron chi connectivity index (χ3n) is 2.29. The van der Waals surface area contributed by atoms with Crippen molar-refractivity contribution in [2.75, 3.05) is 5.32 Å². The quantitative estimate of drug-likeness (QED) is 0.817. The van der Waals surface area contributed by atoms with Crippen LogP contribution in [-0.2, 0) is 0 Å². The standard InChI is InChI=1S/C11H16N4/c1-4-9(5-2)14-11-13-8(3)6-10(7-12)15-11/h6,9H,4-5H2,1-3H3,(H,13,14,15). The van der Waals surface area contributed by atoms with Gasteiger partial charge in [0.15, 0.2) is 0 Å². The summed E-state index contributed by atoms with van der Waals surface area (Å²) in [5.74, 6) is 0.556. The zero-order valence-electron chi connectivity index (χ0n) is 9.41. The molecule has 1 N–H and O–H groups in total. The Kier molecular flexibility index (Phi) is 4.04. The van der Waals surface area contributed by atoms with Gasteiger partial charge in [0.05, 0.1) is 0 Å². The van der Waals surface area contributed by atoms with Gasteiger partial charge >= 0.3 is 0 Å². The van der Waals surface area contributed by atoms with E-state index in [0.717, 1.165) is 18.5 Å². The van der Waals surface area contributed by atoms with Crippen molar-refractivity contribution in [1.82, 2.24) is 9.97 Å². The Bertz CT molecular complexity index is 363. The molecule has 0 fully saturated rings. The monoisotopic (exact) mass is 204 g/mol. The number of anilines is 1. The van der Waals surface area contributed by atoms with Gasteiger partial charge in [0.25, 0.3) is 0 Å². The van der Waals surface area contributed by atoms with Crippen LogP contribution in [0.1, 0.15) is 38.1 Å². The second-order valence-electron chi connectivity index (χ2n) is 3.49. The first-order chi connectivity index (χ1) is 7.19. The summed E-state index contributed by atoms with van der Waals surface area (Å²) in [6.45, 7) is 6.09. The van der Waals surface area contributed by atoms with Crippen molar-refractivity contribution in [2.45, 2.75) is 39.7 Å². The van der Waals surface area contributed by atoms with E-state index in [0.29, 0.717) is 17.7 Å². The van der Waals surface area contributed by atoms with Crippen molar-refractivity contribution in [1.29, 1.82) is 5.26 Å². The van der Waals surface area contributed by atoms with Gasteiger partial charge in [-0.25, -0.2) is 9.97 Å². The lowest BCUT2D eigenvalue weighted by atomic mass is 10.2. The fraction of sp³-hybridized carbons (Fsp3) is 0.545. The highest BCUT2D eigenvalue weighted by Gasteiger charge is 2.06. The van der Waals surface area contributed by atoms with Crippen molar-refractivity contribution in [3.63, 3.8) is 0 Å². The van der Waals surface area contributed by atoms with Crippen molar-refractivity contribution < 1.29 is 0 Å². The number of rotatable bonds is 4. The van der Waals surface area contributed by atoms with E-state index in [1.807, 2.05) is 13.0 Å². The first-order valence-corrected chi connectivity index (χ1v) is 5.21. The topological polar surface area (TPSA) is 61.6 Å². The van der Waals surface area contributed by atoms with Gasteiger partial charge in [0, 0.05) is 11.7 Å². The SMILES string of the molecule is CCC(CC)Nc1nc(C)cc(C#N)n1. The number of nitrogens with one attached hydrogen (secondary N) is 1. The maximum absolute atomic E-state index is 8.77. The summed E-state index contributed by atoms with van der Waals surface area (Å²) in [4.78, 5) is 8.35. The molecule has 0 saturated heterocycles. The Morgan fingerprint density at radius 1 is 1.40 bits per heavy atom. The second-order valence-corrected chi connectivity index (χ2v) is 3.49. The Morgan fingerprint density at radius 3 is 2.60 bits per heavy atom. The van der Waals surface area contributed by atoms with E-state index in [4.69, 9.17) is 5.26 Å². The number of nitriles is 1. The molecule has 0 aromatic carbocycles. The molecular formula is C11H16N4. The third kappa shape index (κ3) is 3.21. The summed E-state index contributed by atoms with van der Waals surface area (Å²) in [6, 6.07) is 4.08. The smallest absolute Gasteiger partial charge is 0.224 e. The van der Waals surface area contributed by atoms with Gasteiger partial charge in [-0.3, -0.25) is 0 Å². The lowest BCUT2D eigenvalue weighted by Gasteiger charge is -2.14. The fourth-order valence-corrected chi connectivity index (χ4v) is 1.37. The van der Waals surface area contributed by atoms with Crippen LogP contribution >= 0.6 is 0 Å². The molecule has 4 nitrogen and oxygen atoms in total. The first kappa shape index (κ1) is 11.4. The molecule has 0 saturated carbocycles. The van der Waals surface area contributed by atoms with Crippen LogP contribution in [0.25, 0.3) is 0 Å². The predicted octanol–water partition coefficient (Wildman–Crippen LogP) is 2.26. The highest BCUT2D eigenvalue weighted by Crippen LogP contribution is 2.08. The van der Waals surface area contributed by atoms with Gasteiger partial charge in [-0.1, -0.05) is 13.8 Å². The summed E-state index contributed by atoms with van der Waals surface area (Å²) in [5.41, 5.74) is 1.23. The molecule has 1 heterocycles. The lowest BCUT2D eigenvalue weighted by Crippen LogP contribution is -2.19. The molecule has 0 spiro atoms. The fourth-order valence-electron chi connectivity index (χ4n) is 1.37. The third-order valence-corrected chi connectivity index (χ3v) is 2.29. The summed E-state index contributed by atoms with van der Waals surface area (Å²) in [7, 11) is 0. The van der Waals surface area contributed by atoms with Gasteiger partial charge in [-0.05, 0) is 25.8 Å². The molecule has 15 heavy (non-hydrogen) atoms. The van der Waals surface area contributed by atoms with E-state index in [9.17, 15) is 0 Å². The normalized spacial score (nSPS) is 10.1. The Labute approximate surface area is 90.4 Å². The van der Waals surface area contributed by atoms with Crippen LogP contribution in [0.2, 0.25) is 0 Å². The van der Waals surface area contributed by atoms with Crippen LogP contribution in [0, 0.1) is 18.3 Å². The Balaban J connectivity index is 2.85. The number of nitrogens with zero attached hydrogens (tertiary/aromatic N) is 3. The Hall–Kier alpha value is -1.63. The molecular weight excluding hydrogens is 188 g/mol. The number of hydrogen-bond acceptors (Lipinski definition) is 4. The summed E-state index contributed by atoms with van der Waals surface area (Å²) in [5, 5.41) is 12.0. The minimum Gasteiger partial charge on any atom is -0.351 e. The minimum absolute atomic E-state index is 0.373. The summed E-state index contributed by atoms with van der Waals surface area (Å²) < 4.78 is 0. The van der Waals surface area contributed by atoms with Crippen LogP contribution in [0.4, 0.5) is 5.95 Å². The largest absolute Gasteiger partial charge is 0.351 e. The predicted molar refractivity (Wildman–Crippen MR) is 59.5 cm³/mol. The molecule has 0 bridgehead atoms. The van der Waals surface area contributed by atoms with E-state index >= 15 is 0 Å². The van der Waals surface area contributed by atoms with Crippen molar-refractivity contribution in [3.8, 4) is 6.07 Å². The van der Waals surface area contributed by atoms with Gasteiger partial charge < -0.3 is 5.32 Å². The zero-order chi connectivity index (χ0) is 11.3. The number of hydrogen-bond donors (Lipinski definition) is 1. The molecule has 0 unspecified atom stereocenters. The van der Waals surface area contributed by atoms with Gasteiger partial charge in [-0.2, -0.15) is 5.26 Å². The molecule has 0 atom stereocenters. The molecule has 0 amide bonds. The molecule has 1 aromatic heterocycles. The minimum atomic E-state index is 0.373. The van der Waals surface area contributed by atoms with Crippen LogP contribution in [-0.4, -0.2) is 16.0 Å². The summed E-state index contributed by atoms with van der Waals surface area (Å²) >= 11 is 0. The summed E-state index contributed by atoms with van der Waals surface area (Å²) in [6.07, 6.45) is 2.05. The van der Waals surface area contributed by atoms with Gasteiger partial charge in [-0.15, -0.1) is 0 Å². The maximum Gasteiger partial charge on any atom is 0.224 e. The average Bonchev–Trinajstić information content (AvgIpc) is 2.25. The van der Waals surface area contributed by atoms with E-state index < -0.39 is 0 Å². The van der Waals surface area contributed by atoms with Crippen LogP contribution in [0.5, 0.6) is 0 Å². The van der Waals surface area contributed by atoms with E-state index in [1.54, 1.807) is 6.07 Å². The molecule has 1 aromatic rings. The second kappa shape index (κ2) is 5.30. The van der Waals surface area contributed by atoms with Crippen LogP contribution in [0.3, 0.4) is 0 Å². The molecule has 0 aliphatic carbocycles. The van der Waals surface area contributed by atoms with E-state index in [2.05, 4.69) is 29.1 Å². The number of aromatic nitrogens is 2. The average molecular weight is 204 g/mol. The Morgan fingerprint density at radius 2 is 2.07 bits per heavy atom. The van der Waals surface area contributed by atoms with Crippen LogP contribution in [0.15, 0.2) is 6.07 Å². The molecule has 4 heteroatoms. The first-order valence-electron chi connectivity index (χ1n) is 5.21. The van der Waals surface area contributed by atoms with Crippen molar-refractivity contribution in [3.05, 3.63) is 17.5 Å².